The van der Waals surface area contributed by atoms with Gasteiger partial charge in [-0.05, 0) is 49.4 Å². The Hall–Kier alpha value is -2.24. The minimum atomic E-state index is -0.268. The predicted molar refractivity (Wildman–Crippen MR) is 101 cm³/mol. The number of hydrogen-bond acceptors (Lipinski definition) is 3. The number of benzene rings is 1. The SMILES string of the molecule is COc1ccc(NC(=O)NC2CC(=O)N(CC3CCCCC3)C2)c(C)c1. The zero-order valence-corrected chi connectivity index (χ0v) is 15.7. The van der Waals surface area contributed by atoms with Crippen molar-refractivity contribution in [2.75, 3.05) is 25.5 Å². The fraction of sp³-hybridized carbons (Fsp3) is 0.600. The van der Waals surface area contributed by atoms with E-state index in [1.165, 1.54) is 32.1 Å². The zero-order chi connectivity index (χ0) is 18.5. The Morgan fingerprint density at radius 3 is 2.73 bits per heavy atom. The molecule has 3 amide bonds. The van der Waals surface area contributed by atoms with Crippen molar-refractivity contribution in [2.24, 2.45) is 5.92 Å². The van der Waals surface area contributed by atoms with Gasteiger partial charge in [-0.15, -0.1) is 0 Å². The number of amides is 3. The summed E-state index contributed by atoms with van der Waals surface area (Å²) in [5.74, 6) is 1.54. The maximum atomic E-state index is 12.3. The number of methoxy groups -OCH3 is 1. The molecule has 1 aliphatic heterocycles. The van der Waals surface area contributed by atoms with Crippen LogP contribution in [0.3, 0.4) is 0 Å². The Morgan fingerprint density at radius 1 is 1.27 bits per heavy atom. The highest BCUT2D eigenvalue weighted by Crippen LogP contribution is 2.26. The first kappa shape index (κ1) is 18.5. The van der Waals surface area contributed by atoms with Gasteiger partial charge < -0.3 is 20.3 Å². The molecule has 6 nitrogen and oxygen atoms in total. The largest absolute Gasteiger partial charge is 0.497 e. The molecule has 2 aliphatic rings. The summed E-state index contributed by atoms with van der Waals surface area (Å²) in [5.41, 5.74) is 1.67. The molecule has 0 aromatic heterocycles. The molecular weight excluding hydrogens is 330 g/mol. The first-order valence-electron chi connectivity index (χ1n) is 9.55. The van der Waals surface area contributed by atoms with Crippen LogP contribution in [0.5, 0.6) is 5.75 Å². The second-order valence-corrected chi connectivity index (χ2v) is 7.48. The van der Waals surface area contributed by atoms with Crippen molar-refractivity contribution in [1.29, 1.82) is 0 Å². The van der Waals surface area contributed by atoms with E-state index in [0.717, 1.165) is 23.5 Å². The van der Waals surface area contributed by atoms with Gasteiger partial charge in [-0.2, -0.15) is 0 Å². The maximum absolute atomic E-state index is 12.3. The minimum Gasteiger partial charge on any atom is -0.497 e. The molecule has 1 aromatic carbocycles. The van der Waals surface area contributed by atoms with E-state index in [1.807, 2.05) is 30.0 Å². The lowest BCUT2D eigenvalue weighted by molar-refractivity contribution is -0.128. The Balaban J connectivity index is 1.49. The number of urea groups is 1. The van der Waals surface area contributed by atoms with Crippen molar-refractivity contribution in [2.45, 2.75) is 51.5 Å². The summed E-state index contributed by atoms with van der Waals surface area (Å²) >= 11 is 0. The summed E-state index contributed by atoms with van der Waals surface area (Å²) in [6.07, 6.45) is 6.70. The number of carbonyl (C=O) groups excluding carboxylic acids is 2. The van der Waals surface area contributed by atoms with Crippen LogP contribution in [-0.2, 0) is 4.79 Å². The van der Waals surface area contributed by atoms with E-state index in [9.17, 15) is 9.59 Å². The Bertz CT molecular complexity index is 656. The molecular formula is C20H29N3O3. The van der Waals surface area contributed by atoms with Gasteiger partial charge in [-0.1, -0.05) is 19.3 Å². The van der Waals surface area contributed by atoms with Gasteiger partial charge in [-0.25, -0.2) is 4.79 Å². The molecule has 142 valence electrons. The molecule has 0 radical (unpaired) electrons. The van der Waals surface area contributed by atoms with Gasteiger partial charge in [0.2, 0.25) is 5.91 Å². The van der Waals surface area contributed by atoms with Gasteiger partial charge in [0, 0.05) is 25.2 Å². The number of hydrogen-bond donors (Lipinski definition) is 2. The van der Waals surface area contributed by atoms with Crippen molar-refractivity contribution in [3.8, 4) is 5.75 Å². The van der Waals surface area contributed by atoms with Gasteiger partial charge in [-0.3, -0.25) is 4.79 Å². The highest BCUT2D eigenvalue weighted by atomic mass is 16.5. The second-order valence-electron chi connectivity index (χ2n) is 7.48. The first-order valence-corrected chi connectivity index (χ1v) is 9.55. The van der Waals surface area contributed by atoms with Crippen molar-refractivity contribution in [3.63, 3.8) is 0 Å². The standard InChI is InChI=1S/C20H29N3O3/c1-14-10-17(26-2)8-9-18(14)22-20(25)21-16-11-19(24)23(13-16)12-15-6-4-3-5-7-15/h8-10,15-16H,3-7,11-13H2,1-2H3,(H2,21,22,25). The van der Waals surface area contributed by atoms with E-state index in [2.05, 4.69) is 10.6 Å². The highest BCUT2D eigenvalue weighted by Gasteiger charge is 2.32. The number of rotatable bonds is 5. The number of ether oxygens (including phenoxy) is 1. The lowest BCUT2D eigenvalue weighted by atomic mass is 9.89. The van der Waals surface area contributed by atoms with Crippen LogP contribution in [0.25, 0.3) is 0 Å². The number of nitrogens with zero attached hydrogens (tertiary/aromatic N) is 1. The van der Waals surface area contributed by atoms with Crippen molar-refractivity contribution in [1.82, 2.24) is 10.2 Å². The molecule has 1 aliphatic carbocycles. The van der Waals surface area contributed by atoms with E-state index in [1.54, 1.807) is 7.11 Å². The van der Waals surface area contributed by atoms with Gasteiger partial charge >= 0.3 is 6.03 Å². The summed E-state index contributed by atoms with van der Waals surface area (Å²) in [5, 5.41) is 5.80. The Morgan fingerprint density at radius 2 is 2.04 bits per heavy atom. The molecule has 0 spiro atoms. The minimum absolute atomic E-state index is 0.121. The van der Waals surface area contributed by atoms with Crippen LogP contribution in [0.2, 0.25) is 0 Å². The molecule has 1 aromatic rings. The molecule has 0 bridgehead atoms. The van der Waals surface area contributed by atoms with Crippen LogP contribution < -0.4 is 15.4 Å². The van der Waals surface area contributed by atoms with Crippen LogP contribution in [0, 0.1) is 12.8 Å². The Labute approximate surface area is 155 Å². The molecule has 26 heavy (non-hydrogen) atoms. The summed E-state index contributed by atoms with van der Waals surface area (Å²) in [4.78, 5) is 26.5. The molecule has 6 heteroatoms. The fourth-order valence-corrected chi connectivity index (χ4v) is 3.97. The first-order chi connectivity index (χ1) is 12.5. The molecule has 1 unspecified atom stereocenters. The van der Waals surface area contributed by atoms with Crippen molar-refractivity contribution >= 4 is 17.6 Å². The van der Waals surface area contributed by atoms with Crippen LogP contribution in [0.1, 0.15) is 44.1 Å². The van der Waals surface area contributed by atoms with E-state index in [4.69, 9.17) is 4.74 Å². The third-order valence-corrected chi connectivity index (χ3v) is 5.43. The van der Waals surface area contributed by atoms with E-state index in [0.29, 0.717) is 18.9 Å². The average Bonchev–Trinajstić information content (AvgIpc) is 2.96. The van der Waals surface area contributed by atoms with Gasteiger partial charge in [0.25, 0.3) is 0 Å². The number of carbonyl (C=O) groups is 2. The molecule has 1 atom stereocenters. The third kappa shape index (κ3) is 4.68. The number of nitrogens with one attached hydrogen (secondary N) is 2. The van der Waals surface area contributed by atoms with E-state index < -0.39 is 0 Å². The summed E-state index contributed by atoms with van der Waals surface area (Å²) in [6.45, 7) is 3.38. The predicted octanol–water partition coefficient (Wildman–Crippen LogP) is 3.31. The quantitative estimate of drug-likeness (QED) is 0.847. The molecule has 2 fully saturated rings. The zero-order valence-electron chi connectivity index (χ0n) is 15.7. The van der Waals surface area contributed by atoms with Crippen LogP contribution in [0.15, 0.2) is 18.2 Å². The number of anilines is 1. The van der Waals surface area contributed by atoms with Gasteiger partial charge in [0.05, 0.1) is 13.2 Å². The molecule has 1 heterocycles. The summed E-state index contributed by atoms with van der Waals surface area (Å²) < 4.78 is 5.18. The van der Waals surface area contributed by atoms with Crippen LogP contribution in [0.4, 0.5) is 10.5 Å². The molecule has 3 rings (SSSR count). The summed E-state index contributed by atoms with van der Waals surface area (Å²) in [6, 6.07) is 5.12. The smallest absolute Gasteiger partial charge is 0.319 e. The monoisotopic (exact) mass is 359 g/mol. The van der Waals surface area contributed by atoms with E-state index in [-0.39, 0.29) is 18.0 Å². The second kappa shape index (κ2) is 8.43. The lowest BCUT2D eigenvalue weighted by Crippen LogP contribution is -2.40. The topological polar surface area (TPSA) is 70.7 Å². The van der Waals surface area contributed by atoms with Crippen molar-refractivity contribution < 1.29 is 14.3 Å². The molecule has 2 N–H and O–H groups in total. The van der Waals surface area contributed by atoms with Crippen LogP contribution in [-0.4, -0.2) is 43.1 Å². The number of likely N-dealkylation sites (tertiary alicyclic amines) is 1. The third-order valence-electron chi connectivity index (χ3n) is 5.43. The van der Waals surface area contributed by atoms with Crippen molar-refractivity contribution in [3.05, 3.63) is 23.8 Å². The van der Waals surface area contributed by atoms with E-state index >= 15 is 0 Å². The summed E-state index contributed by atoms with van der Waals surface area (Å²) in [7, 11) is 1.62. The maximum Gasteiger partial charge on any atom is 0.319 e. The number of aryl methyl sites for hydroxylation is 1. The van der Waals surface area contributed by atoms with Crippen LogP contribution >= 0.6 is 0 Å². The van der Waals surface area contributed by atoms with Gasteiger partial charge in [0.1, 0.15) is 5.75 Å². The normalized spacial score (nSPS) is 20.9. The Kier molecular flexibility index (Phi) is 6.01. The highest BCUT2D eigenvalue weighted by molar-refractivity contribution is 5.91. The molecule has 1 saturated heterocycles. The fourth-order valence-electron chi connectivity index (χ4n) is 3.97. The average molecular weight is 359 g/mol. The lowest BCUT2D eigenvalue weighted by Gasteiger charge is -2.27. The molecule has 1 saturated carbocycles. The van der Waals surface area contributed by atoms with Gasteiger partial charge in [0.15, 0.2) is 0 Å².